The Balaban J connectivity index is 0.983. The van der Waals surface area contributed by atoms with Gasteiger partial charge in [-0.25, -0.2) is 9.59 Å². The molecule has 3 N–H and O–H groups in total. The standard InChI is InChI=1S/C70H84O11/c1-43(40-72)54-26-20-44-18-21-45(22-19-44)55-27-24-48(47-13-10-15-52(37-47)70-34-7-6-14-51(70)25-23-46-12-4-5-17-58(46)70)36-50(55)38-60(74)78-64-62-59(29-28-56-57(41-73)61(67(76)79-63(56)62)49(30-35-71)42-77-3)81-68(2,65(64)80-66(54)75)53-16-11-33-69(39-53)31-8-9-32-69/h4-5,10,12-13,15,17-19,21-22,28-29,37,48-51,53,55,64-65,71-73H,6-9,11,14,16,20,23-27,30-36,38-42H2,1-3H3. The summed E-state index contributed by atoms with van der Waals surface area (Å²) in [5.41, 5.74) is 7.86. The molecule has 11 heteroatoms. The Morgan fingerprint density at radius 2 is 1.57 bits per heavy atom. The second-order valence-corrected chi connectivity index (χ2v) is 26.0. The summed E-state index contributed by atoms with van der Waals surface area (Å²) in [7, 11) is 1.52. The van der Waals surface area contributed by atoms with E-state index in [9.17, 15) is 20.1 Å². The molecule has 4 saturated carbocycles. The second-order valence-electron chi connectivity index (χ2n) is 26.0. The van der Waals surface area contributed by atoms with E-state index in [1.807, 2.05) is 13.0 Å². The predicted molar refractivity (Wildman–Crippen MR) is 311 cm³/mol. The van der Waals surface area contributed by atoms with E-state index in [1.165, 1.54) is 60.6 Å². The van der Waals surface area contributed by atoms with Gasteiger partial charge in [-0.3, -0.25) is 4.79 Å². The van der Waals surface area contributed by atoms with Gasteiger partial charge < -0.3 is 38.7 Å². The molecule has 8 aliphatic rings. The van der Waals surface area contributed by atoms with Crippen LogP contribution in [0.25, 0.3) is 11.0 Å². The minimum Gasteiger partial charge on any atom is -0.483 e. The van der Waals surface area contributed by atoms with Crippen LogP contribution in [-0.2, 0) is 48.7 Å². The highest BCUT2D eigenvalue weighted by atomic mass is 16.6. The van der Waals surface area contributed by atoms with Crippen molar-refractivity contribution < 1.29 is 48.3 Å². The third kappa shape index (κ3) is 10.2. The first-order valence-electron chi connectivity index (χ1n) is 30.9. The summed E-state index contributed by atoms with van der Waals surface area (Å²) >= 11 is 0. The molecule has 4 aromatic carbocycles. The van der Waals surface area contributed by atoms with E-state index in [-0.39, 0.29) is 83.9 Å². The molecule has 81 heavy (non-hydrogen) atoms. The van der Waals surface area contributed by atoms with Gasteiger partial charge in [0, 0.05) is 53.9 Å². The van der Waals surface area contributed by atoms with E-state index < -0.39 is 47.9 Å². The minimum absolute atomic E-state index is 0.0150. The monoisotopic (exact) mass is 1100 g/mol. The molecule has 1 spiro atoms. The number of benzene rings is 4. The smallest absolute Gasteiger partial charge is 0.340 e. The molecule has 10 atom stereocenters. The number of fused-ring (bicyclic) bond motifs is 14. The Bertz CT molecular complexity index is 3210. The van der Waals surface area contributed by atoms with Gasteiger partial charge in [0.2, 0.25) is 0 Å². The van der Waals surface area contributed by atoms with Crippen molar-refractivity contribution in [3.8, 4) is 5.75 Å². The van der Waals surface area contributed by atoms with Crippen LogP contribution in [-0.4, -0.2) is 65.9 Å². The number of hydrogen-bond acceptors (Lipinski definition) is 11. The van der Waals surface area contributed by atoms with E-state index in [0.717, 1.165) is 89.0 Å². The van der Waals surface area contributed by atoms with Crippen molar-refractivity contribution in [1.29, 1.82) is 0 Å². The fraction of sp³-hybridized carbons (Fsp3) is 0.557. The maximum atomic E-state index is 15.7. The van der Waals surface area contributed by atoms with Crippen LogP contribution in [0.3, 0.4) is 0 Å². The third-order valence-corrected chi connectivity index (χ3v) is 21.7. The predicted octanol–water partition coefficient (Wildman–Crippen LogP) is 13.2. The molecule has 0 saturated heterocycles. The Labute approximate surface area is 477 Å². The number of ether oxygens (including phenoxy) is 4. The number of esters is 2. The number of carbonyl (C=O) groups is 2. The molecule has 11 nitrogen and oxygen atoms in total. The third-order valence-electron chi connectivity index (χ3n) is 21.7. The largest absolute Gasteiger partial charge is 0.483 e. The summed E-state index contributed by atoms with van der Waals surface area (Å²) in [5.74, 6) is -0.656. The van der Waals surface area contributed by atoms with Crippen LogP contribution < -0.4 is 10.4 Å². The number of aliphatic hydroxyl groups is 3. The zero-order valence-electron chi connectivity index (χ0n) is 48.0. The van der Waals surface area contributed by atoms with Gasteiger partial charge in [-0.05, 0) is 196 Å². The van der Waals surface area contributed by atoms with E-state index in [2.05, 4.69) is 72.8 Å². The van der Waals surface area contributed by atoms with Crippen LogP contribution in [0.15, 0.2) is 105 Å². The lowest BCUT2D eigenvalue weighted by molar-refractivity contribution is -0.203. The van der Waals surface area contributed by atoms with E-state index >= 15 is 9.59 Å². The van der Waals surface area contributed by atoms with E-state index in [1.54, 1.807) is 13.0 Å². The number of aliphatic hydroxyl groups excluding tert-OH is 3. The summed E-state index contributed by atoms with van der Waals surface area (Å²) in [6, 6.07) is 31.0. The van der Waals surface area contributed by atoms with Gasteiger partial charge in [0.1, 0.15) is 16.9 Å². The molecule has 5 aliphatic carbocycles. The fourth-order valence-corrected chi connectivity index (χ4v) is 17.5. The van der Waals surface area contributed by atoms with Crippen molar-refractivity contribution >= 4 is 22.9 Å². The normalized spacial score (nSPS) is 30.2. The van der Waals surface area contributed by atoms with Crippen molar-refractivity contribution in [2.45, 2.75) is 196 Å². The molecular weight excluding hydrogens is 1020 g/mol. The summed E-state index contributed by atoms with van der Waals surface area (Å²) in [4.78, 5) is 45.6. The number of carbonyl (C=O) groups excluding carboxylic acids is 2. The highest BCUT2D eigenvalue weighted by Crippen LogP contribution is 2.59. The minimum atomic E-state index is -1.30. The molecule has 4 fully saturated rings. The summed E-state index contributed by atoms with van der Waals surface area (Å²) < 4.78 is 33.4. The molecule has 3 aliphatic heterocycles. The summed E-state index contributed by atoms with van der Waals surface area (Å²) in [6.07, 6.45) is 16.8. The lowest BCUT2D eigenvalue weighted by Crippen LogP contribution is -2.59. The van der Waals surface area contributed by atoms with Crippen LogP contribution >= 0.6 is 0 Å². The molecule has 0 radical (unpaired) electrons. The average Bonchev–Trinajstić information content (AvgIpc) is 3.05. The van der Waals surface area contributed by atoms with Gasteiger partial charge in [0.05, 0.1) is 25.4 Å². The van der Waals surface area contributed by atoms with E-state index in [0.29, 0.717) is 46.6 Å². The van der Waals surface area contributed by atoms with Crippen LogP contribution in [0.4, 0.5) is 0 Å². The summed E-state index contributed by atoms with van der Waals surface area (Å²) in [5, 5.41) is 32.5. The maximum Gasteiger partial charge on any atom is 0.340 e. The second kappa shape index (κ2) is 23.2. The molecule has 4 heterocycles. The van der Waals surface area contributed by atoms with Crippen LogP contribution in [0, 0.1) is 23.2 Å². The lowest BCUT2D eigenvalue weighted by atomic mass is 9.54. The number of rotatable bonds is 10. The summed E-state index contributed by atoms with van der Waals surface area (Å²) in [6.45, 7) is 2.78. The number of aryl methyl sites for hydroxylation is 2. The van der Waals surface area contributed by atoms with Gasteiger partial charge in [0.25, 0.3) is 0 Å². The molecule has 5 aromatic rings. The number of hydrogen-bond donors (Lipinski definition) is 3. The average molecular weight is 1100 g/mol. The van der Waals surface area contributed by atoms with Crippen LogP contribution in [0.2, 0.25) is 0 Å². The first-order valence-corrected chi connectivity index (χ1v) is 30.9. The zero-order valence-corrected chi connectivity index (χ0v) is 48.0. The first kappa shape index (κ1) is 55.9. The molecular formula is C70H84O11. The Morgan fingerprint density at radius 1 is 0.778 bits per heavy atom. The Hall–Kier alpha value is -5.59. The van der Waals surface area contributed by atoms with Gasteiger partial charge in [-0.2, -0.15) is 0 Å². The van der Waals surface area contributed by atoms with Crippen molar-refractivity contribution in [1.82, 2.24) is 0 Å². The maximum absolute atomic E-state index is 15.7. The quantitative estimate of drug-likeness (QED) is 0.0693. The molecule has 430 valence electrons. The molecule has 2 bridgehead atoms. The van der Waals surface area contributed by atoms with Crippen molar-refractivity contribution in [2.75, 3.05) is 26.9 Å². The van der Waals surface area contributed by atoms with Crippen molar-refractivity contribution in [3.63, 3.8) is 0 Å². The molecule has 0 amide bonds. The van der Waals surface area contributed by atoms with Crippen molar-refractivity contribution in [3.05, 3.63) is 157 Å². The molecule has 13 rings (SSSR count). The highest BCUT2D eigenvalue weighted by molar-refractivity contribution is 5.90. The Morgan fingerprint density at radius 3 is 2.36 bits per heavy atom. The van der Waals surface area contributed by atoms with Gasteiger partial charge >= 0.3 is 17.6 Å². The number of methoxy groups -OCH3 is 1. The van der Waals surface area contributed by atoms with Gasteiger partial charge in [-0.15, -0.1) is 0 Å². The highest BCUT2D eigenvalue weighted by Gasteiger charge is 2.59. The van der Waals surface area contributed by atoms with Crippen molar-refractivity contribution in [2.24, 2.45) is 23.2 Å². The van der Waals surface area contributed by atoms with Gasteiger partial charge in [-0.1, -0.05) is 105 Å². The topological polar surface area (TPSA) is 162 Å². The lowest BCUT2D eigenvalue weighted by Gasteiger charge is -2.52. The first-order chi connectivity index (χ1) is 39.4. The van der Waals surface area contributed by atoms with Gasteiger partial charge in [0.15, 0.2) is 12.2 Å². The molecule has 1 aromatic heterocycles. The fourth-order valence-electron chi connectivity index (χ4n) is 17.5. The zero-order chi connectivity index (χ0) is 56.0. The molecule has 10 unspecified atom stereocenters. The van der Waals surface area contributed by atoms with Crippen LogP contribution in [0.5, 0.6) is 5.75 Å². The Kier molecular flexibility index (Phi) is 16.0. The SMILES string of the molecule is COCC(CCO)c1c(CO)c2ccc3c(c2oc1=O)C1OC(=O)CC2CC(c4cccc(C56CCCCC5CCc5ccccc56)c4)CCC2c2ccc(cc2)CCC(=C(C)CO)C(=O)OC1C(C)(C1CCCC2(CCCC2)C1)O3. The van der Waals surface area contributed by atoms with E-state index in [4.69, 9.17) is 23.4 Å². The van der Waals surface area contributed by atoms with Crippen LogP contribution in [0.1, 0.15) is 210 Å².